The molecule has 1 amide bonds. The fraction of sp³-hybridized carbons (Fsp3) is 0.500. The zero-order chi connectivity index (χ0) is 15.0. The second-order valence-corrected chi connectivity index (χ2v) is 5.38. The number of aromatic nitrogens is 1. The second-order valence-electron chi connectivity index (χ2n) is 5.38. The average Bonchev–Trinajstić information content (AvgIpc) is 2.69. The largest absolute Gasteiger partial charge is 0.481 e. The molecular weight excluding hydrogens is 260 g/mol. The summed E-state index contributed by atoms with van der Waals surface area (Å²) in [7, 11) is 1.72. The number of aryl methyl sites for hydroxylation is 1. The van der Waals surface area contributed by atoms with Gasteiger partial charge in [-0.1, -0.05) is 6.92 Å². The summed E-state index contributed by atoms with van der Waals surface area (Å²) in [6, 6.07) is 1.58. The first-order valence-corrected chi connectivity index (χ1v) is 6.50. The minimum atomic E-state index is -0.833. The van der Waals surface area contributed by atoms with E-state index in [0.29, 0.717) is 24.3 Å². The van der Waals surface area contributed by atoms with Crippen LogP contribution in [0.3, 0.4) is 0 Å². The van der Waals surface area contributed by atoms with Crippen molar-refractivity contribution in [2.45, 2.75) is 13.8 Å². The van der Waals surface area contributed by atoms with E-state index in [0.717, 1.165) is 0 Å². The maximum Gasteiger partial charge on any atom is 0.306 e. The Hall–Kier alpha value is -2.11. The molecule has 0 bridgehead atoms. The number of rotatable bonds is 4. The number of likely N-dealkylation sites (tertiary alicyclic amines) is 1. The van der Waals surface area contributed by atoms with E-state index in [1.54, 1.807) is 35.7 Å². The summed E-state index contributed by atoms with van der Waals surface area (Å²) in [6.07, 6.45) is 1.63. The molecule has 0 spiro atoms. The van der Waals surface area contributed by atoms with Crippen molar-refractivity contribution in [2.24, 2.45) is 18.9 Å². The number of amides is 1. The predicted molar refractivity (Wildman–Crippen MR) is 71.6 cm³/mol. The van der Waals surface area contributed by atoms with E-state index < -0.39 is 11.9 Å². The van der Waals surface area contributed by atoms with Crippen LogP contribution < -0.4 is 0 Å². The van der Waals surface area contributed by atoms with Gasteiger partial charge in [0, 0.05) is 37.8 Å². The first-order chi connectivity index (χ1) is 9.31. The highest BCUT2D eigenvalue weighted by molar-refractivity contribution is 5.99. The van der Waals surface area contributed by atoms with E-state index in [2.05, 4.69) is 0 Å². The van der Waals surface area contributed by atoms with E-state index in [4.69, 9.17) is 5.11 Å². The number of hydrogen-bond acceptors (Lipinski definition) is 3. The molecule has 1 fully saturated rings. The third kappa shape index (κ3) is 2.45. The Morgan fingerprint density at radius 1 is 1.35 bits per heavy atom. The number of carbonyl (C=O) groups is 3. The lowest BCUT2D eigenvalue weighted by Crippen LogP contribution is -2.53. The van der Waals surface area contributed by atoms with Gasteiger partial charge in [0.25, 0.3) is 5.91 Å². The number of carboxylic acids is 1. The van der Waals surface area contributed by atoms with Gasteiger partial charge in [0.15, 0.2) is 5.78 Å². The van der Waals surface area contributed by atoms with Crippen molar-refractivity contribution in [2.75, 3.05) is 13.1 Å². The first kappa shape index (κ1) is 14.3. The van der Waals surface area contributed by atoms with Gasteiger partial charge in [-0.05, 0) is 13.0 Å². The van der Waals surface area contributed by atoms with Crippen molar-refractivity contribution >= 4 is 17.7 Å². The first-order valence-electron chi connectivity index (χ1n) is 6.50. The van der Waals surface area contributed by atoms with Gasteiger partial charge >= 0.3 is 5.97 Å². The van der Waals surface area contributed by atoms with Gasteiger partial charge in [0.1, 0.15) is 5.69 Å². The number of carboxylic acid groups (broad SMARTS) is 1. The molecule has 1 saturated heterocycles. The quantitative estimate of drug-likeness (QED) is 0.834. The molecule has 1 aliphatic rings. The van der Waals surface area contributed by atoms with Crippen LogP contribution in [-0.4, -0.2) is 45.3 Å². The third-order valence-corrected chi connectivity index (χ3v) is 3.92. The van der Waals surface area contributed by atoms with Crippen molar-refractivity contribution in [3.8, 4) is 0 Å². The highest BCUT2D eigenvalue weighted by atomic mass is 16.4. The van der Waals surface area contributed by atoms with Crippen LogP contribution in [0.1, 0.15) is 34.7 Å². The molecule has 1 aromatic heterocycles. The molecule has 2 heterocycles. The van der Waals surface area contributed by atoms with Crippen LogP contribution >= 0.6 is 0 Å². The van der Waals surface area contributed by atoms with E-state index >= 15 is 0 Å². The standard InChI is InChI=1S/C14H18N2O4/c1-8(14(19)20)11-6-16(7-11)13(18)12-4-10(9(2)17)5-15(12)3/h4-5,8,11H,6-7H2,1-3H3,(H,19,20). The van der Waals surface area contributed by atoms with Crippen LogP contribution in [0.5, 0.6) is 0 Å². The highest BCUT2D eigenvalue weighted by Crippen LogP contribution is 2.26. The van der Waals surface area contributed by atoms with Crippen LogP contribution in [0.2, 0.25) is 0 Å². The Labute approximate surface area is 117 Å². The molecule has 1 N–H and O–H groups in total. The summed E-state index contributed by atoms with van der Waals surface area (Å²) in [5.41, 5.74) is 0.962. The summed E-state index contributed by atoms with van der Waals surface area (Å²) in [4.78, 5) is 36.0. The Bertz CT molecular complexity index is 570. The summed E-state index contributed by atoms with van der Waals surface area (Å²) in [5.74, 6) is -1.52. The summed E-state index contributed by atoms with van der Waals surface area (Å²) >= 11 is 0. The van der Waals surface area contributed by atoms with Gasteiger partial charge < -0.3 is 14.6 Å². The smallest absolute Gasteiger partial charge is 0.306 e. The molecule has 20 heavy (non-hydrogen) atoms. The molecule has 1 aliphatic heterocycles. The molecule has 6 nitrogen and oxygen atoms in total. The number of Topliss-reactive ketones (excluding diaryl/α,β-unsaturated/α-hetero) is 1. The lowest BCUT2D eigenvalue weighted by Gasteiger charge is -2.41. The Morgan fingerprint density at radius 2 is 1.95 bits per heavy atom. The van der Waals surface area contributed by atoms with Crippen LogP contribution in [-0.2, 0) is 11.8 Å². The zero-order valence-electron chi connectivity index (χ0n) is 11.8. The fourth-order valence-corrected chi connectivity index (χ4v) is 2.33. The Kier molecular flexibility index (Phi) is 3.65. The van der Waals surface area contributed by atoms with Gasteiger partial charge in [-0.3, -0.25) is 14.4 Å². The van der Waals surface area contributed by atoms with E-state index in [-0.39, 0.29) is 17.6 Å². The molecule has 0 aromatic carbocycles. The second kappa shape index (κ2) is 5.11. The maximum atomic E-state index is 12.3. The Balaban J connectivity index is 2.04. The number of ketones is 1. The van der Waals surface area contributed by atoms with Crippen LogP contribution in [0.4, 0.5) is 0 Å². The zero-order valence-corrected chi connectivity index (χ0v) is 11.8. The normalized spacial score (nSPS) is 16.6. The van der Waals surface area contributed by atoms with E-state index in [9.17, 15) is 14.4 Å². The molecule has 108 valence electrons. The average molecular weight is 278 g/mol. The van der Waals surface area contributed by atoms with Gasteiger partial charge in [-0.15, -0.1) is 0 Å². The topological polar surface area (TPSA) is 79.6 Å². The van der Waals surface area contributed by atoms with Crippen molar-refractivity contribution in [3.05, 3.63) is 23.5 Å². The van der Waals surface area contributed by atoms with Crippen LogP contribution in [0.25, 0.3) is 0 Å². The predicted octanol–water partition coefficient (Wildman–Crippen LogP) is 1.02. The highest BCUT2D eigenvalue weighted by Gasteiger charge is 2.38. The monoisotopic (exact) mass is 278 g/mol. The molecule has 2 rings (SSSR count). The SMILES string of the molecule is CC(=O)c1cc(C(=O)N2CC(C(C)C(=O)O)C2)n(C)c1. The summed E-state index contributed by atoms with van der Waals surface area (Å²) in [5, 5.41) is 8.92. The number of nitrogens with zero attached hydrogens (tertiary/aromatic N) is 2. The molecule has 0 saturated carbocycles. The lowest BCUT2D eigenvalue weighted by atomic mass is 9.87. The molecule has 0 aliphatic carbocycles. The number of hydrogen-bond donors (Lipinski definition) is 1. The third-order valence-electron chi connectivity index (χ3n) is 3.92. The fourth-order valence-electron chi connectivity index (χ4n) is 2.33. The van der Waals surface area contributed by atoms with E-state index in [1.165, 1.54) is 6.92 Å². The van der Waals surface area contributed by atoms with Gasteiger partial charge in [-0.2, -0.15) is 0 Å². The van der Waals surface area contributed by atoms with E-state index in [1.807, 2.05) is 0 Å². The molecule has 1 aromatic rings. The minimum Gasteiger partial charge on any atom is -0.481 e. The number of aliphatic carboxylic acids is 1. The molecule has 6 heteroatoms. The van der Waals surface area contributed by atoms with Crippen molar-refractivity contribution in [3.63, 3.8) is 0 Å². The van der Waals surface area contributed by atoms with Crippen molar-refractivity contribution in [1.29, 1.82) is 0 Å². The van der Waals surface area contributed by atoms with Gasteiger partial charge in [0.2, 0.25) is 0 Å². The number of carbonyl (C=O) groups excluding carboxylic acids is 2. The Morgan fingerprint density at radius 3 is 2.40 bits per heavy atom. The van der Waals surface area contributed by atoms with Crippen molar-refractivity contribution in [1.82, 2.24) is 9.47 Å². The maximum absolute atomic E-state index is 12.3. The minimum absolute atomic E-state index is 0.00370. The molecular formula is C14H18N2O4. The summed E-state index contributed by atoms with van der Waals surface area (Å²) < 4.78 is 1.63. The van der Waals surface area contributed by atoms with Gasteiger partial charge in [-0.25, -0.2) is 0 Å². The molecule has 1 unspecified atom stereocenters. The summed E-state index contributed by atoms with van der Waals surface area (Å²) in [6.45, 7) is 4.02. The molecule has 0 radical (unpaired) electrons. The van der Waals surface area contributed by atoms with Crippen molar-refractivity contribution < 1.29 is 19.5 Å². The van der Waals surface area contributed by atoms with Crippen LogP contribution in [0.15, 0.2) is 12.3 Å². The lowest BCUT2D eigenvalue weighted by molar-refractivity contribution is -0.144. The molecule has 1 atom stereocenters. The van der Waals surface area contributed by atoms with Gasteiger partial charge in [0.05, 0.1) is 5.92 Å². The van der Waals surface area contributed by atoms with Crippen LogP contribution in [0, 0.1) is 11.8 Å².